The van der Waals surface area contributed by atoms with Gasteiger partial charge >= 0.3 is 6.18 Å². The molecule has 0 radical (unpaired) electrons. The predicted molar refractivity (Wildman–Crippen MR) is 106 cm³/mol. The van der Waals surface area contributed by atoms with Crippen molar-refractivity contribution in [2.75, 3.05) is 11.4 Å². The number of carbonyl (C=O) groups is 2. The first-order valence-electron chi connectivity index (χ1n) is 9.80. The van der Waals surface area contributed by atoms with E-state index in [1.165, 1.54) is 17.0 Å². The molecule has 2 amide bonds. The zero-order chi connectivity index (χ0) is 23.2. The number of aliphatic hydroxyl groups is 1. The maximum Gasteiger partial charge on any atom is 0.416 e. The van der Waals surface area contributed by atoms with Gasteiger partial charge in [0.05, 0.1) is 16.7 Å². The van der Waals surface area contributed by atoms with Crippen LogP contribution in [0.4, 0.5) is 23.4 Å². The number of nitrogens with zero attached hydrogens (tertiary/aromatic N) is 3. The maximum atomic E-state index is 14.4. The average Bonchev–Trinajstić information content (AvgIpc) is 2.69. The number of amides is 2. The number of rotatable bonds is 4. The number of benzene rings is 1. The van der Waals surface area contributed by atoms with Gasteiger partial charge in [0.15, 0.2) is 11.6 Å². The number of halogens is 5. The topological polar surface area (TPSA) is 73.7 Å². The van der Waals surface area contributed by atoms with E-state index in [0.29, 0.717) is 5.56 Å². The molecule has 1 aliphatic carbocycles. The second-order valence-electron chi connectivity index (χ2n) is 7.93. The molecule has 2 fully saturated rings. The number of anilines is 1. The third kappa shape index (κ3) is 4.29. The minimum absolute atomic E-state index is 0.0321. The van der Waals surface area contributed by atoms with E-state index in [2.05, 4.69) is 4.98 Å². The molecule has 4 rings (SSSR count). The Labute approximate surface area is 185 Å². The molecule has 0 spiro atoms. The van der Waals surface area contributed by atoms with E-state index in [0.717, 1.165) is 29.3 Å². The molecular formula is C21H18ClF4N3O3. The zero-order valence-corrected chi connectivity index (χ0v) is 17.3. The van der Waals surface area contributed by atoms with E-state index in [4.69, 9.17) is 11.6 Å². The molecule has 1 aromatic heterocycles. The van der Waals surface area contributed by atoms with Crippen molar-refractivity contribution in [3.05, 3.63) is 58.5 Å². The van der Waals surface area contributed by atoms with E-state index in [-0.39, 0.29) is 36.1 Å². The van der Waals surface area contributed by atoms with Gasteiger partial charge < -0.3 is 10.0 Å². The van der Waals surface area contributed by atoms with Gasteiger partial charge in [-0.05, 0) is 42.5 Å². The summed E-state index contributed by atoms with van der Waals surface area (Å²) in [5, 5.41) is 9.75. The van der Waals surface area contributed by atoms with Crippen LogP contribution in [0.2, 0.25) is 5.02 Å². The lowest BCUT2D eigenvalue weighted by Crippen LogP contribution is -2.64. The fraction of sp³-hybridized carbons (Fsp3) is 0.381. The SMILES string of the molecule is O=C1C([C@H]2C[C@H](O)C2)N(Cc2ccc(C(F)(F)F)cc2)C(=O)CN1c1ncc(Cl)cc1F. The molecule has 1 saturated carbocycles. The van der Waals surface area contributed by atoms with Crippen LogP contribution in [0.1, 0.15) is 24.0 Å². The highest BCUT2D eigenvalue weighted by Crippen LogP contribution is 2.37. The van der Waals surface area contributed by atoms with Gasteiger partial charge in [-0.2, -0.15) is 13.2 Å². The van der Waals surface area contributed by atoms with Gasteiger partial charge in [-0.1, -0.05) is 23.7 Å². The molecule has 6 nitrogen and oxygen atoms in total. The highest BCUT2D eigenvalue weighted by atomic mass is 35.5. The molecule has 170 valence electrons. The van der Waals surface area contributed by atoms with Crippen LogP contribution in [0.15, 0.2) is 36.5 Å². The standard InChI is InChI=1S/C21H18ClF4N3O3/c22-14-7-16(23)19(27-8-14)29-10-17(31)28(18(20(29)32)12-5-15(30)6-12)9-11-1-3-13(4-2-11)21(24,25)26/h1-4,7-8,12,15,18,30H,5-6,9-10H2/t12-,15-,18?. The fourth-order valence-electron chi connectivity index (χ4n) is 4.06. The Kier molecular flexibility index (Phi) is 5.85. The quantitative estimate of drug-likeness (QED) is 0.694. The third-order valence-electron chi connectivity index (χ3n) is 5.74. The van der Waals surface area contributed by atoms with Crippen LogP contribution >= 0.6 is 11.6 Å². The van der Waals surface area contributed by atoms with E-state index in [9.17, 15) is 32.3 Å². The Hall–Kier alpha value is -2.72. The van der Waals surface area contributed by atoms with Crippen LogP contribution in [0.25, 0.3) is 0 Å². The molecule has 11 heteroatoms. The van der Waals surface area contributed by atoms with Crippen LogP contribution in [-0.4, -0.2) is 45.5 Å². The molecule has 1 saturated heterocycles. The summed E-state index contributed by atoms with van der Waals surface area (Å²) in [6, 6.07) is 4.30. The van der Waals surface area contributed by atoms with Crippen molar-refractivity contribution in [1.82, 2.24) is 9.88 Å². The first-order valence-corrected chi connectivity index (χ1v) is 10.2. The number of aliphatic hydroxyl groups excluding tert-OH is 1. The monoisotopic (exact) mass is 471 g/mol. The molecule has 0 bridgehead atoms. The van der Waals surface area contributed by atoms with Gasteiger partial charge in [0.25, 0.3) is 5.91 Å². The van der Waals surface area contributed by atoms with Crippen molar-refractivity contribution >= 4 is 29.2 Å². The smallest absolute Gasteiger partial charge is 0.393 e. The summed E-state index contributed by atoms with van der Waals surface area (Å²) in [6.07, 6.45) is -3.39. The summed E-state index contributed by atoms with van der Waals surface area (Å²) in [5.74, 6) is -2.63. The molecule has 1 unspecified atom stereocenters. The average molecular weight is 472 g/mol. The van der Waals surface area contributed by atoms with Crippen LogP contribution in [0, 0.1) is 11.7 Å². The van der Waals surface area contributed by atoms with Crippen molar-refractivity contribution in [3.8, 4) is 0 Å². The molecular weight excluding hydrogens is 454 g/mol. The van der Waals surface area contributed by atoms with E-state index in [1.54, 1.807) is 0 Å². The predicted octanol–water partition coefficient (Wildman–Crippen LogP) is 3.41. The van der Waals surface area contributed by atoms with Crippen molar-refractivity contribution in [1.29, 1.82) is 0 Å². The summed E-state index contributed by atoms with van der Waals surface area (Å²) in [5.41, 5.74) is -0.412. The van der Waals surface area contributed by atoms with Gasteiger partial charge in [-0.15, -0.1) is 0 Å². The fourth-order valence-corrected chi connectivity index (χ4v) is 4.21. The van der Waals surface area contributed by atoms with Crippen molar-refractivity contribution in [2.45, 2.75) is 37.7 Å². The van der Waals surface area contributed by atoms with Crippen LogP contribution in [0.3, 0.4) is 0 Å². The first-order chi connectivity index (χ1) is 15.0. The van der Waals surface area contributed by atoms with E-state index >= 15 is 0 Å². The number of carbonyl (C=O) groups excluding carboxylic acids is 2. The van der Waals surface area contributed by atoms with Crippen molar-refractivity contribution in [3.63, 3.8) is 0 Å². The summed E-state index contributed by atoms with van der Waals surface area (Å²) in [6.45, 7) is -0.568. The lowest BCUT2D eigenvalue weighted by Gasteiger charge is -2.47. The van der Waals surface area contributed by atoms with Gasteiger partial charge in [0.1, 0.15) is 12.6 Å². The first kappa shape index (κ1) is 22.5. The van der Waals surface area contributed by atoms with Crippen molar-refractivity contribution in [2.24, 2.45) is 5.92 Å². The molecule has 1 aromatic carbocycles. The molecule has 32 heavy (non-hydrogen) atoms. The minimum Gasteiger partial charge on any atom is -0.393 e. The Morgan fingerprint density at radius 3 is 2.38 bits per heavy atom. The van der Waals surface area contributed by atoms with Gasteiger partial charge in [0.2, 0.25) is 5.91 Å². The second-order valence-corrected chi connectivity index (χ2v) is 8.37. The van der Waals surface area contributed by atoms with Crippen LogP contribution in [-0.2, 0) is 22.3 Å². The lowest BCUT2D eigenvalue weighted by atomic mass is 9.75. The summed E-state index contributed by atoms with van der Waals surface area (Å²) < 4.78 is 52.9. The number of hydrogen-bond acceptors (Lipinski definition) is 4. The largest absolute Gasteiger partial charge is 0.416 e. The second kappa shape index (κ2) is 8.32. The summed E-state index contributed by atoms with van der Waals surface area (Å²) >= 11 is 5.72. The highest BCUT2D eigenvalue weighted by molar-refractivity contribution is 6.30. The van der Waals surface area contributed by atoms with Gasteiger partial charge in [0, 0.05) is 12.7 Å². The molecule has 1 N–H and O–H groups in total. The molecule has 2 aromatic rings. The minimum atomic E-state index is -4.49. The number of aromatic nitrogens is 1. The zero-order valence-electron chi connectivity index (χ0n) is 16.5. The van der Waals surface area contributed by atoms with Crippen LogP contribution in [0.5, 0.6) is 0 Å². The Morgan fingerprint density at radius 2 is 1.81 bits per heavy atom. The lowest BCUT2D eigenvalue weighted by molar-refractivity contribution is -0.149. The number of alkyl halides is 3. The molecule has 2 aliphatic rings. The number of hydrogen-bond donors (Lipinski definition) is 1. The Bertz CT molecular complexity index is 1040. The van der Waals surface area contributed by atoms with Crippen molar-refractivity contribution < 1.29 is 32.3 Å². The Balaban J connectivity index is 1.62. The normalized spacial score (nSPS) is 24.0. The van der Waals surface area contributed by atoms with Crippen LogP contribution < -0.4 is 4.90 Å². The molecule has 2 heterocycles. The summed E-state index contributed by atoms with van der Waals surface area (Å²) in [7, 11) is 0. The number of pyridine rings is 1. The highest BCUT2D eigenvalue weighted by Gasteiger charge is 2.48. The maximum absolute atomic E-state index is 14.4. The van der Waals surface area contributed by atoms with E-state index in [1.807, 2.05) is 0 Å². The Morgan fingerprint density at radius 1 is 1.16 bits per heavy atom. The van der Waals surface area contributed by atoms with Gasteiger partial charge in [-0.25, -0.2) is 9.37 Å². The third-order valence-corrected chi connectivity index (χ3v) is 5.95. The molecule has 1 aliphatic heterocycles. The number of piperazine rings is 1. The van der Waals surface area contributed by atoms with Gasteiger partial charge in [-0.3, -0.25) is 14.5 Å². The van der Waals surface area contributed by atoms with E-state index < -0.39 is 48.1 Å². The molecule has 1 atom stereocenters. The summed E-state index contributed by atoms with van der Waals surface area (Å²) in [4.78, 5) is 32.4.